The first-order valence-corrected chi connectivity index (χ1v) is 6.12. The summed E-state index contributed by atoms with van der Waals surface area (Å²) in [6.45, 7) is 1.93. The number of aryl methyl sites for hydroxylation is 1. The van der Waals surface area contributed by atoms with Crippen molar-refractivity contribution in [2.45, 2.75) is 6.92 Å². The number of nitrogens with one attached hydrogen (secondary N) is 2. The number of aromatic nitrogens is 1. The van der Waals surface area contributed by atoms with Gasteiger partial charge in [-0.15, -0.1) is 0 Å². The summed E-state index contributed by atoms with van der Waals surface area (Å²) in [5.74, 6) is -0.418. The molecule has 0 bridgehead atoms. The molecule has 0 fully saturated rings. The summed E-state index contributed by atoms with van der Waals surface area (Å²) < 4.78 is 0.970. The van der Waals surface area contributed by atoms with Crippen LogP contribution < -0.4 is 10.9 Å². The van der Waals surface area contributed by atoms with Gasteiger partial charge in [0.2, 0.25) is 0 Å². The van der Waals surface area contributed by atoms with Gasteiger partial charge in [-0.2, -0.15) is 0 Å². The van der Waals surface area contributed by atoms with Crippen LogP contribution in [0.3, 0.4) is 0 Å². The van der Waals surface area contributed by atoms with Crippen LogP contribution >= 0.6 is 15.9 Å². The smallest absolute Gasteiger partial charge is 0.261 e. The van der Waals surface area contributed by atoms with Crippen molar-refractivity contribution in [3.63, 3.8) is 0 Å². The van der Waals surface area contributed by atoms with Crippen LogP contribution in [0.5, 0.6) is 0 Å². The highest BCUT2D eigenvalue weighted by Crippen LogP contribution is 2.20. The third-order valence-electron chi connectivity index (χ3n) is 2.48. The van der Waals surface area contributed by atoms with Gasteiger partial charge >= 0.3 is 0 Å². The zero-order chi connectivity index (χ0) is 13.1. The highest BCUT2D eigenvalue weighted by Gasteiger charge is 2.10. The molecule has 0 spiro atoms. The summed E-state index contributed by atoms with van der Waals surface area (Å²) in [6, 6.07) is 8.55. The van der Waals surface area contributed by atoms with Gasteiger partial charge in [0.25, 0.3) is 11.5 Å². The van der Waals surface area contributed by atoms with E-state index in [1.54, 1.807) is 12.1 Å². The summed E-state index contributed by atoms with van der Waals surface area (Å²) >= 11 is 3.38. The van der Waals surface area contributed by atoms with Gasteiger partial charge in [0.1, 0.15) is 5.56 Å². The number of hydrogen-bond acceptors (Lipinski definition) is 2. The molecule has 0 unspecified atom stereocenters. The van der Waals surface area contributed by atoms with Crippen LogP contribution in [0.2, 0.25) is 0 Å². The standard InChI is InChI=1S/C13H11BrN2O2/c1-8-7-9(4-5-11(8)14)16-13(18)10-3-2-6-15-12(10)17/h2-7H,1H3,(H,15,17)(H,16,18). The maximum Gasteiger partial charge on any atom is 0.261 e. The Morgan fingerprint density at radius 3 is 2.78 bits per heavy atom. The monoisotopic (exact) mass is 306 g/mol. The van der Waals surface area contributed by atoms with E-state index in [4.69, 9.17) is 0 Å². The van der Waals surface area contributed by atoms with Gasteiger partial charge in [0, 0.05) is 16.4 Å². The van der Waals surface area contributed by atoms with Gasteiger partial charge in [0.05, 0.1) is 0 Å². The summed E-state index contributed by atoms with van der Waals surface area (Å²) in [5, 5.41) is 2.69. The van der Waals surface area contributed by atoms with Crippen molar-refractivity contribution in [3.8, 4) is 0 Å². The summed E-state index contributed by atoms with van der Waals surface area (Å²) in [7, 11) is 0. The third-order valence-corrected chi connectivity index (χ3v) is 3.37. The molecule has 0 atom stereocenters. The quantitative estimate of drug-likeness (QED) is 0.896. The lowest BCUT2D eigenvalue weighted by Gasteiger charge is -2.06. The van der Waals surface area contributed by atoms with E-state index in [0.717, 1.165) is 10.0 Å². The number of halogens is 1. The minimum Gasteiger partial charge on any atom is -0.328 e. The lowest BCUT2D eigenvalue weighted by Crippen LogP contribution is -2.22. The van der Waals surface area contributed by atoms with Crippen LogP contribution in [0.1, 0.15) is 15.9 Å². The second kappa shape index (κ2) is 5.18. The number of carbonyl (C=O) groups excluding carboxylic acids is 1. The van der Waals surface area contributed by atoms with Crippen LogP contribution in [-0.2, 0) is 0 Å². The summed E-state index contributed by atoms with van der Waals surface area (Å²) in [5.41, 5.74) is 1.36. The van der Waals surface area contributed by atoms with Crippen LogP contribution in [0.15, 0.2) is 45.8 Å². The van der Waals surface area contributed by atoms with Gasteiger partial charge in [-0.05, 0) is 42.8 Å². The second-order valence-corrected chi connectivity index (χ2v) is 4.69. The Hall–Kier alpha value is -1.88. The molecular formula is C13H11BrN2O2. The molecule has 2 rings (SSSR count). The Morgan fingerprint density at radius 1 is 1.33 bits per heavy atom. The fraction of sp³-hybridized carbons (Fsp3) is 0.0769. The van der Waals surface area contributed by atoms with Crippen molar-refractivity contribution in [3.05, 3.63) is 62.5 Å². The highest BCUT2D eigenvalue weighted by molar-refractivity contribution is 9.10. The Morgan fingerprint density at radius 2 is 2.11 bits per heavy atom. The minimum atomic E-state index is -0.418. The van der Waals surface area contributed by atoms with Gasteiger partial charge in [0.15, 0.2) is 0 Å². The van der Waals surface area contributed by atoms with E-state index in [2.05, 4.69) is 26.2 Å². The lowest BCUT2D eigenvalue weighted by atomic mass is 10.2. The van der Waals surface area contributed by atoms with Crippen molar-refractivity contribution >= 4 is 27.5 Å². The number of amides is 1. The van der Waals surface area contributed by atoms with Crippen LogP contribution in [0, 0.1) is 6.92 Å². The molecule has 5 heteroatoms. The number of pyridine rings is 1. The Bertz CT molecular complexity index is 649. The molecule has 0 radical (unpaired) electrons. The van der Waals surface area contributed by atoms with Gasteiger partial charge in [-0.1, -0.05) is 15.9 Å². The number of hydrogen-bond donors (Lipinski definition) is 2. The van der Waals surface area contributed by atoms with Gasteiger partial charge < -0.3 is 10.3 Å². The van der Waals surface area contributed by atoms with E-state index in [0.29, 0.717) is 5.69 Å². The molecule has 0 aliphatic carbocycles. The fourth-order valence-corrected chi connectivity index (χ4v) is 1.77. The van der Waals surface area contributed by atoms with E-state index < -0.39 is 11.5 Å². The molecule has 1 amide bonds. The SMILES string of the molecule is Cc1cc(NC(=O)c2ccc[nH]c2=O)ccc1Br. The molecule has 0 aliphatic rings. The normalized spacial score (nSPS) is 10.1. The number of benzene rings is 1. The number of carbonyl (C=O) groups is 1. The van der Waals surface area contributed by atoms with Gasteiger partial charge in [-0.25, -0.2) is 0 Å². The number of H-pyrrole nitrogens is 1. The minimum absolute atomic E-state index is 0.0954. The molecule has 92 valence electrons. The average Bonchev–Trinajstić information content (AvgIpc) is 2.34. The Balaban J connectivity index is 2.24. The Kier molecular flexibility index (Phi) is 3.62. The molecule has 1 aromatic carbocycles. The van der Waals surface area contributed by atoms with E-state index in [-0.39, 0.29) is 5.56 Å². The molecule has 4 nitrogen and oxygen atoms in total. The highest BCUT2D eigenvalue weighted by atomic mass is 79.9. The van der Waals surface area contributed by atoms with Crippen LogP contribution in [0.4, 0.5) is 5.69 Å². The van der Waals surface area contributed by atoms with E-state index >= 15 is 0 Å². The molecule has 1 aromatic heterocycles. The lowest BCUT2D eigenvalue weighted by molar-refractivity contribution is 0.102. The van der Waals surface area contributed by atoms with Crippen molar-refractivity contribution in [1.29, 1.82) is 0 Å². The van der Waals surface area contributed by atoms with Crippen molar-refractivity contribution in [2.75, 3.05) is 5.32 Å². The molecule has 0 saturated carbocycles. The van der Waals surface area contributed by atoms with Crippen molar-refractivity contribution < 1.29 is 4.79 Å². The fourth-order valence-electron chi connectivity index (χ4n) is 1.52. The van der Waals surface area contributed by atoms with E-state index in [1.807, 2.05) is 19.1 Å². The molecule has 2 N–H and O–H groups in total. The maximum absolute atomic E-state index is 11.9. The zero-order valence-corrected chi connectivity index (χ0v) is 11.2. The molecular weight excluding hydrogens is 296 g/mol. The van der Waals surface area contributed by atoms with E-state index in [1.165, 1.54) is 12.3 Å². The maximum atomic E-state index is 11.9. The zero-order valence-electron chi connectivity index (χ0n) is 9.66. The number of aromatic amines is 1. The molecule has 0 aliphatic heterocycles. The van der Waals surface area contributed by atoms with Gasteiger partial charge in [-0.3, -0.25) is 9.59 Å². The Labute approximate surface area is 112 Å². The second-order valence-electron chi connectivity index (χ2n) is 3.83. The third kappa shape index (κ3) is 2.68. The molecule has 1 heterocycles. The number of rotatable bonds is 2. The predicted octanol–water partition coefficient (Wildman–Crippen LogP) is 2.70. The van der Waals surface area contributed by atoms with Crippen LogP contribution in [0.25, 0.3) is 0 Å². The average molecular weight is 307 g/mol. The predicted molar refractivity (Wildman–Crippen MR) is 73.9 cm³/mol. The largest absolute Gasteiger partial charge is 0.328 e. The first kappa shape index (κ1) is 12.6. The summed E-state index contributed by atoms with van der Waals surface area (Å²) in [6.07, 6.45) is 1.49. The van der Waals surface area contributed by atoms with Crippen LogP contribution in [-0.4, -0.2) is 10.9 Å². The topological polar surface area (TPSA) is 62.0 Å². The number of anilines is 1. The van der Waals surface area contributed by atoms with Crippen molar-refractivity contribution in [2.24, 2.45) is 0 Å². The molecule has 18 heavy (non-hydrogen) atoms. The molecule has 2 aromatic rings. The molecule has 0 saturated heterocycles. The first-order valence-electron chi connectivity index (χ1n) is 5.33. The van der Waals surface area contributed by atoms with Crippen molar-refractivity contribution in [1.82, 2.24) is 4.98 Å². The summed E-state index contributed by atoms with van der Waals surface area (Å²) in [4.78, 5) is 25.8. The van der Waals surface area contributed by atoms with E-state index in [9.17, 15) is 9.59 Å². The first-order chi connectivity index (χ1) is 8.58.